The van der Waals surface area contributed by atoms with Gasteiger partial charge in [0.2, 0.25) is 0 Å². The first kappa shape index (κ1) is 13.4. The van der Waals surface area contributed by atoms with E-state index in [0.29, 0.717) is 0 Å². The van der Waals surface area contributed by atoms with Crippen LogP contribution in [0.15, 0.2) is 46.9 Å². The molecule has 0 aliphatic heterocycles. The van der Waals surface area contributed by atoms with Gasteiger partial charge in [-0.1, -0.05) is 45.8 Å². The van der Waals surface area contributed by atoms with Gasteiger partial charge in [-0.15, -0.1) is 11.6 Å². The molecule has 94 valence electrons. The van der Waals surface area contributed by atoms with Crippen LogP contribution in [0, 0.1) is 6.92 Å². The van der Waals surface area contributed by atoms with Crippen molar-refractivity contribution in [2.45, 2.75) is 12.3 Å². The Morgan fingerprint density at radius 2 is 1.78 bits per heavy atom. The predicted molar refractivity (Wildman–Crippen MR) is 79.6 cm³/mol. The molecule has 1 atom stereocenters. The Morgan fingerprint density at radius 1 is 1.11 bits per heavy atom. The molecule has 2 rings (SSSR count). The highest BCUT2D eigenvalue weighted by Gasteiger charge is 2.15. The van der Waals surface area contributed by atoms with E-state index in [1.807, 2.05) is 30.3 Å². The van der Waals surface area contributed by atoms with Crippen molar-refractivity contribution >= 4 is 27.5 Å². The summed E-state index contributed by atoms with van der Waals surface area (Å²) in [5.41, 5.74) is 3.26. The lowest BCUT2D eigenvalue weighted by Crippen LogP contribution is -1.97. The van der Waals surface area contributed by atoms with Crippen molar-refractivity contribution in [2.24, 2.45) is 0 Å². The number of hydrogen-bond donors (Lipinski definition) is 0. The molecule has 1 nitrogen and oxygen atoms in total. The van der Waals surface area contributed by atoms with Crippen LogP contribution in [-0.2, 0) is 0 Å². The first-order valence-corrected chi connectivity index (χ1v) is 6.89. The zero-order valence-corrected chi connectivity index (χ0v) is 12.6. The number of methoxy groups -OCH3 is 1. The van der Waals surface area contributed by atoms with E-state index in [4.69, 9.17) is 16.3 Å². The fraction of sp³-hybridized carbons (Fsp3) is 0.200. The van der Waals surface area contributed by atoms with Crippen LogP contribution >= 0.6 is 27.5 Å². The average Bonchev–Trinajstić information content (AvgIpc) is 2.39. The minimum absolute atomic E-state index is 0.210. The maximum absolute atomic E-state index is 6.54. The summed E-state index contributed by atoms with van der Waals surface area (Å²) < 4.78 is 6.36. The minimum atomic E-state index is -0.210. The quantitative estimate of drug-likeness (QED) is 0.714. The molecule has 0 amide bonds. The summed E-state index contributed by atoms with van der Waals surface area (Å²) in [6, 6.07) is 14.1. The second kappa shape index (κ2) is 5.77. The Morgan fingerprint density at radius 3 is 2.39 bits per heavy atom. The maximum Gasteiger partial charge on any atom is 0.123 e. The van der Waals surface area contributed by atoms with Gasteiger partial charge in [0.15, 0.2) is 0 Å². The number of ether oxygens (including phenoxy) is 1. The van der Waals surface area contributed by atoms with E-state index in [-0.39, 0.29) is 5.38 Å². The summed E-state index contributed by atoms with van der Waals surface area (Å²) >= 11 is 10.0. The predicted octanol–water partition coefficient (Wildman–Crippen LogP) is 5.09. The third-order valence-corrected chi connectivity index (χ3v) is 3.82. The SMILES string of the molecule is COc1ccc(Br)cc1C(Cl)c1ccc(C)cc1. The van der Waals surface area contributed by atoms with Gasteiger partial charge in [-0.25, -0.2) is 0 Å². The lowest BCUT2D eigenvalue weighted by molar-refractivity contribution is 0.410. The molecule has 0 heterocycles. The van der Waals surface area contributed by atoms with Gasteiger partial charge in [-0.3, -0.25) is 0 Å². The third-order valence-electron chi connectivity index (χ3n) is 2.83. The molecule has 3 heteroatoms. The van der Waals surface area contributed by atoms with Crippen molar-refractivity contribution in [2.75, 3.05) is 7.11 Å². The van der Waals surface area contributed by atoms with E-state index in [1.165, 1.54) is 5.56 Å². The van der Waals surface area contributed by atoms with Crippen LogP contribution in [-0.4, -0.2) is 7.11 Å². The Bertz CT molecular complexity index is 537. The van der Waals surface area contributed by atoms with E-state index < -0.39 is 0 Å². The van der Waals surface area contributed by atoms with Crippen LogP contribution in [0.3, 0.4) is 0 Å². The first-order valence-electron chi connectivity index (χ1n) is 5.66. The van der Waals surface area contributed by atoms with E-state index in [0.717, 1.165) is 21.3 Å². The monoisotopic (exact) mass is 324 g/mol. The van der Waals surface area contributed by atoms with E-state index in [1.54, 1.807) is 7.11 Å². The molecule has 0 bridgehead atoms. The smallest absolute Gasteiger partial charge is 0.123 e. The molecule has 1 unspecified atom stereocenters. The van der Waals surface area contributed by atoms with E-state index in [9.17, 15) is 0 Å². The molecule has 18 heavy (non-hydrogen) atoms. The summed E-state index contributed by atoms with van der Waals surface area (Å²) in [5, 5.41) is -0.210. The molecule has 0 saturated heterocycles. The minimum Gasteiger partial charge on any atom is -0.496 e. The fourth-order valence-electron chi connectivity index (χ4n) is 1.82. The zero-order chi connectivity index (χ0) is 13.1. The molecular weight excluding hydrogens is 312 g/mol. The van der Waals surface area contributed by atoms with Crippen LogP contribution in [0.5, 0.6) is 5.75 Å². The first-order chi connectivity index (χ1) is 8.61. The Labute approximate surface area is 121 Å². The summed E-state index contributed by atoms with van der Waals surface area (Å²) in [6.07, 6.45) is 0. The van der Waals surface area contributed by atoms with Crippen molar-refractivity contribution in [3.63, 3.8) is 0 Å². The number of benzene rings is 2. The Balaban J connectivity index is 2.41. The molecule has 0 aromatic heterocycles. The molecule has 0 N–H and O–H groups in total. The summed E-state index contributed by atoms with van der Waals surface area (Å²) in [5.74, 6) is 0.804. The fourth-order valence-corrected chi connectivity index (χ4v) is 2.51. The van der Waals surface area contributed by atoms with Crippen LogP contribution in [0.25, 0.3) is 0 Å². The molecule has 0 aliphatic carbocycles. The maximum atomic E-state index is 6.54. The van der Waals surface area contributed by atoms with Crippen molar-refractivity contribution in [3.8, 4) is 5.75 Å². The van der Waals surface area contributed by atoms with Crippen molar-refractivity contribution in [1.82, 2.24) is 0 Å². The van der Waals surface area contributed by atoms with Gasteiger partial charge in [-0.05, 0) is 30.7 Å². The van der Waals surface area contributed by atoms with E-state index in [2.05, 4.69) is 35.0 Å². The highest BCUT2D eigenvalue weighted by molar-refractivity contribution is 9.10. The normalized spacial score (nSPS) is 12.2. The second-order valence-corrected chi connectivity index (χ2v) is 5.51. The van der Waals surface area contributed by atoms with Gasteiger partial charge in [0.05, 0.1) is 12.5 Å². The molecule has 0 spiro atoms. The Hall–Kier alpha value is -0.990. The molecule has 0 aliphatic rings. The summed E-state index contributed by atoms with van der Waals surface area (Å²) in [7, 11) is 1.66. The topological polar surface area (TPSA) is 9.23 Å². The molecule has 0 saturated carbocycles. The number of alkyl halides is 1. The van der Waals surface area contributed by atoms with Gasteiger partial charge < -0.3 is 4.74 Å². The molecule has 2 aromatic rings. The Kier molecular flexibility index (Phi) is 4.31. The number of hydrogen-bond acceptors (Lipinski definition) is 1. The van der Waals surface area contributed by atoms with E-state index >= 15 is 0 Å². The van der Waals surface area contributed by atoms with Gasteiger partial charge in [0.1, 0.15) is 5.75 Å². The highest BCUT2D eigenvalue weighted by Crippen LogP contribution is 2.36. The van der Waals surface area contributed by atoms with Crippen LogP contribution in [0.4, 0.5) is 0 Å². The zero-order valence-electron chi connectivity index (χ0n) is 10.3. The van der Waals surface area contributed by atoms with Gasteiger partial charge in [-0.2, -0.15) is 0 Å². The van der Waals surface area contributed by atoms with Crippen LogP contribution in [0.2, 0.25) is 0 Å². The number of rotatable bonds is 3. The van der Waals surface area contributed by atoms with Crippen LogP contribution < -0.4 is 4.74 Å². The third kappa shape index (κ3) is 2.88. The standard InChI is InChI=1S/C15H14BrClO/c1-10-3-5-11(6-4-10)15(17)13-9-12(16)7-8-14(13)18-2/h3-9,15H,1-2H3. The number of aryl methyl sites for hydroxylation is 1. The lowest BCUT2D eigenvalue weighted by atomic mass is 10.0. The van der Waals surface area contributed by atoms with Gasteiger partial charge in [0, 0.05) is 10.0 Å². The highest BCUT2D eigenvalue weighted by atomic mass is 79.9. The molecule has 0 radical (unpaired) electrons. The van der Waals surface area contributed by atoms with Gasteiger partial charge in [0.25, 0.3) is 0 Å². The van der Waals surface area contributed by atoms with Crippen molar-refractivity contribution in [3.05, 3.63) is 63.6 Å². The summed E-state index contributed by atoms with van der Waals surface area (Å²) in [6.45, 7) is 2.06. The van der Waals surface area contributed by atoms with Crippen molar-refractivity contribution in [1.29, 1.82) is 0 Å². The number of halogens is 2. The molecule has 0 fully saturated rings. The lowest BCUT2D eigenvalue weighted by Gasteiger charge is -2.15. The largest absolute Gasteiger partial charge is 0.496 e. The summed E-state index contributed by atoms with van der Waals surface area (Å²) in [4.78, 5) is 0. The van der Waals surface area contributed by atoms with Crippen LogP contribution in [0.1, 0.15) is 22.1 Å². The second-order valence-electron chi connectivity index (χ2n) is 4.16. The van der Waals surface area contributed by atoms with Gasteiger partial charge >= 0.3 is 0 Å². The molecule has 2 aromatic carbocycles. The van der Waals surface area contributed by atoms with Crippen molar-refractivity contribution < 1.29 is 4.74 Å². The molecular formula is C15H14BrClO. The average molecular weight is 326 g/mol.